The molecule has 0 aromatic heterocycles. The summed E-state index contributed by atoms with van der Waals surface area (Å²) in [7, 11) is 1.52. The van der Waals surface area contributed by atoms with Crippen molar-refractivity contribution in [2.24, 2.45) is 0 Å². The van der Waals surface area contributed by atoms with Gasteiger partial charge in [-0.15, -0.1) is 6.58 Å². The molecule has 0 N–H and O–H groups in total. The molecule has 162 valence electrons. The van der Waals surface area contributed by atoms with Gasteiger partial charge in [0.15, 0.2) is 11.5 Å². The minimum absolute atomic E-state index is 0.174. The molecule has 1 saturated heterocycles. The lowest BCUT2D eigenvalue weighted by Crippen LogP contribution is -2.27. The van der Waals surface area contributed by atoms with Crippen LogP contribution in [-0.4, -0.2) is 29.7 Å². The van der Waals surface area contributed by atoms with Crippen LogP contribution in [0.5, 0.6) is 11.5 Å². The Hall–Kier alpha value is -3.22. The van der Waals surface area contributed by atoms with Gasteiger partial charge in [-0.2, -0.15) is 0 Å². The molecule has 0 saturated carbocycles. The Labute approximate surface area is 195 Å². The Bertz CT molecular complexity index is 1250. The summed E-state index contributed by atoms with van der Waals surface area (Å²) in [5, 5.41) is 2.32. The predicted molar refractivity (Wildman–Crippen MR) is 129 cm³/mol. The van der Waals surface area contributed by atoms with Gasteiger partial charge in [-0.25, -0.2) is 0 Å². The molecule has 5 nitrogen and oxygen atoms in total. The summed E-state index contributed by atoms with van der Waals surface area (Å²) >= 11 is 7.37. The van der Waals surface area contributed by atoms with Crippen LogP contribution in [0.25, 0.3) is 16.8 Å². The van der Waals surface area contributed by atoms with E-state index in [4.69, 9.17) is 21.1 Å². The number of benzene rings is 3. The molecule has 0 unspecified atom stereocenters. The molecule has 1 aliphatic heterocycles. The molecule has 3 aromatic rings. The number of nitrogens with zero attached hydrogens (tertiary/aromatic N) is 1. The second-order valence-corrected chi connectivity index (χ2v) is 8.49. The predicted octanol–water partition coefficient (Wildman–Crippen LogP) is 6.30. The number of fused-ring (bicyclic) bond motifs is 1. The quantitative estimate of drug-likeness (QED) is 0.302. The zero-order valence-corrected chi connectivity index (χ0v) is 18.9. The van der Waals surface area contributed by atoms with Crippen molar-refractivity contribution < 1.29 is 19.1 Å². The molecule has 0 radical (unpaired) electrons. The van der Waals surface area contributed by atoms with E-state index >= 15 is 0 Å². The molecule has 0 atom stereocenters. The van der Waals surface area contributed by atoms with Crippen molar-refractivity contribution >= 4 is 51.4 Å². The van der Waals surface area contributed by atoms with Crippen molar-refractivity contribution in [1.82, 2.24) is 4.90 Å². The summed E-state index contributed by atoms with van der Waals surface area (Å²) in [6, 6.07) is 17.7. The summed E-state index contributed by atoms with van der Waals surface area (Å²) in [6.07, 6.45) is 3.14. The van der Waals surface area contributed by atoms with E-state index in [0.717, 1.165) is 33.0 Å². The molecule has 1 fully saturated rings. The number of rotatable bonds is 7. The number of hydrogen-bond acceptors (Lipinski definition) is 5. The molecule has 3 aromatic carbocycles. The van der Waals surface area contributed by atoms with Gasteiger partial charge in [0.2, 0.25) is 0 Å². The van der Waals surface area contributed by atoms with Gasteiger partial charge < -0.3 is 9.47 Å². The fourth-order valence-corrected chi connectivity index (χ4v) is 4.51. The highest BCUT2D eigenvalue weighted by Gasteiger charge is 2.34. The molecule has 7 heteroatoms. The minimum atomic E-state index is -0.355. The molecule has 32 heavy (non-hydrogen) atoms. The minimum Gasteiger partial charge on any atom is -0.493 e. The maximum absolute atomic E-state index is 12.4. The first-order chi connectivity index (χ1) is 15.5. The fraction of sp³-hybridized carbons (Fsp3) is 0.120. The summed E-state index contributed by atoms with van der Waals surface area (Å²) in [5.74, 6) is 0.501. The van der Waals surface area contributed by atoms with Gasteiger partial charge in [-0.1, -0.05) is 54.1 Å². The lowest BCUT2D eigenvalue weighted by atomic mass is 10.1. The topological polar surface area (TPSA) is 55.8 Å². The van der Waals surface area contributed by atoms with Gasteiger partial charge in [0, 0.05) is 6.54 Å². The third-order valence-corrected chi connectivity index (χ3v) is 6.12. The van der Waals surface area contributed by atoms with Crippen LogP contribution in [0.2, 0.25) is 5.02 Å². The normalized spacial score (nSPS) is 14.9. The van der Waals surface area contributed by atoms with Gasteiger partial charge in [0.1, 0.15) is 6.61 Å². The maximum Gasteiger partial charge on any atom is 0.293 e. The number of carbonyl (C=O) groups excluding carboxylic acids is 2. The summed E-state index contributed by atoms with van der Waals surface area (Å²) in [4.78, 5) is 25.9. The van der Waals surface area contributed by atoms with Crippen molar-refractivity contribution in [2.75, 3.05) is 13.7 Å². The molecule has 2 amide bonds. The number of ether oxygens (including phenoxy) is 2. The average molecular weight is 466 g/mol. The molecular formula is C25H20ClNO4S. The first-order valence-corrected chi connectivity index (χ1v) is 11.0. The zero-order valence-electron chi connectivity index (χ0n) is 17.3. The van der Waals surface area contributed by atoms with Crippen LogP contribution in [0, 0.1) is 0 Å². The van der Waals surface area contributed by atoms with E-state index in [1.807, 2.05) is 18.2 Å². The van der Waals surface area contributed by atoms with E-state index in [2.05, 4.69) is 30.8 Å². The molecule has 1 heterocycles. The van der Waals surface area contributed by atoms with Crippen LogP contribution in [0.3, 0.4) is 0 Å². The number of amides is 2. The number of halogens is 1. The lowest BCUT2D eigenvalue weighted by molar-refractivity contribution is -0.122. The first kappa shape index (κ1) is 22.0. The van der Waals surface area contributed by atoms with Crippen LogP contribution < -0.4 is 9.47 Å². The first-order valence-electron chi connectivity index (χ1n) is 9.84. The van der Waals surface area contributed by atoms with Gasteiger partial charge in [-0.05, 0) is 57.9 Å². The van der Waals surface area contributed by atoms with Crippen LogP contribution in [0.1, 0.15) is 11.1 Å². The highest BCUT2D eigenvalue weighted by atomic mass is 35.5. The molecular weight excluding hydrogens is 446 g/mol. The van der Waals surface area contributed by atoms with E-state index in [-0.39, 0.29) is 17.7 Å². The third kappa shape index (κ3) is 4.52. The number of hydrogen-bond donors (Lipinski definition) is 0. The smallest absolute Gasteiger partial charge is 0.293 e. The lowest BCUT2D eigenvalue weighted by Gasteiger charge is -2.14. The van der Waals surface area contributed by atoms with Gasteiger partial charge in [-0.3, -0.25) is 14.5 Å². The van der Waals surface area contributed by atoms with Crippen LogP contribution in [-0.2, 0) is 11.4 Å². The van der Waals surface area contributed by atoms with Crippen molar-refractivity contribution in [3.05, 3.63) is 88.3 Å². The van der Waals surface area contributed by atoms with Gasteiger partial charge in [0.25, 0.3) is 11.1 Å². The third-order valence-electron chi connectivity index (χ3n) is 4.93. The Balaban J connectivity index is 1.56. The van der Waals surface area contributed by atoms with E-state index in [9.17, 15) is 9.59 Å². The SMILES string of the molecule is C=CCN1C(=O)S/C(=C/c2cc(Cl)c(OCc3ccc4ccccc4c3)c(OC)c2)C1=O. The Morgan fingerprint density at radius 3 is 2.62 bits per heavy atom. The number of methoxy groups -OCH3 is 1. The molecule has 0 bridgehead atoms. The molecule has 0 spiro atoms. The van der Waals surface area contributed by atoms with Crippen LogP contribution >= 0.6 is 23.4 Å². The molecule has 0 aliphatic carbocycles. The van der Waals surface area contributed by atoms with Crippen molar-refractivity contribution in [3.8, 4) is 11.5 Å². The van der Waals surface area contributed by atoms with Gasteiger partial charge in [0.05, 0.1) is 17.0 Å². The monoisotopic (exact) mass is 465 g/mol. The fourth-order valence-electron chi connectivity index (χ4n) is 3.39. The van der Waals surface area contributed by atoms with Gasteiger partial charge >= 0.3 is 0 Å². The summed E-state index contributed by atoms with van der Waals surface area (Å²) in [6.45, 7) is 4.07. The Morgan fingerprint density at radius 2 is 1.88 bits per heavy atom. The zero-order chi connectivity index (χ0) is 22.7. The largest absolute Gasteiger partial charge is 0.493 e. The number of thioether (sulfide) groups is 1. The Kier molecular flexibility index (Phi) is 6.53. The number of imide groups is 1. The van der Waals surface area contributed by atoms with Crippen LogP contribution in [0.15, 0.2) is 72.2 Å². The average Bonchev–Trinajstić information content (AvgIpc) is 3.05. The second-order valence-electron chi connectivity index (χ2n) is 7.09. The van der Waals surface area contributed by atoms with E-state index in [1.165, 1.54) is 13.2 Å². The second kappa shape index (κ2) is 9.51. The van der Waals surface area contributed by atoms with E-state index < -0.39 is 0 Å². The van der Waals surface area contributed by atoms with Crippen LogP contribution in [0.4, 0.5) is 4.79 Å². The maximum atomic E-state index is 12.4. The number of carbonyl (C=O) groups is 2. The highest BCUT2D eigenvalue weighted by Crippen LogP contribution is 2.39. The van der Waals surface area contributed by atoms with E-state index in [0.29, 0.717) is 33.6 Å². The highest BCUT2D eigenvalue weighted by molar-refractivity contribution is 8.18. The van der Waals surface area contributed by atoms with Crippen molar-refractivity contribution in [2.45, 2.75) is 6.61 Å². The van der Waals surface area contributed by atoms with Crippen molar-refractivity contribution in [3.63, 3.8) is 0 Å². The molecule has 1 aliphatic rings. The molecule has 4 rings (SSSR count). The Morgan fingerprint density at radius 1 is 1.09 bits per heavy atom. The summed E-state index contributed by atoms with van der Waals surface area (Å²) in [5.41, 5.74) is 1.63. The van der Waals surface area contributed by atoms with E-state index in [1.54, 1.807) is 18.2 Å². The summed E-state index contributed by atoms with van der Waals surface area (Å²) < 4.78 is 11.5. The van der Waals surface area contributed by atoms with Crippen molar-refractivity contribution in [1.29, 1.82) is 0 Å². The standard InChI is InChI=1S/C25H20ClNO4S/c1-3-10-27-24(28)22(32-25(27)29)14-17-12-20(26)23(21(13-17)30-2)31-15-16-8-9-18-6-4-5-7-19(18)11-16/h3-9,11-14H,1,10,15H2,2H3/b22-14+.